The van der Waals surface area contributed by atoms with Crippen LogP contribution in [0.15, 0.2) is 0 Å². The van der Waals surface area contributed by atoms with E-state index in [1.165, 1.54) is 20.8 Å². The van der Waals surface area contributed by atoms with E-state index in [0.717, 1.165) is 6.92 Å². The topological polar surface area (TPSA) is 101 Å². The van der Waals surface area contributed by atoms with Crippen molar-refractivity contribution < 1.29 is 54.0 Å². The Bertz CT molecular complexity index is 613. The molecule has 0 saturated heterocycles. The van der Waals surface area contributed by atoms with E-state index >= 15 is 0 Å². The van der Waals surface area contributed by atoms with Crippen LogP contribution < -0.4 is 0 Å². The maximum atomic E-state index is 12.5. The van der Waals surface area contributed by atoms with Crippen molar-refractivity contribution in [2.75, 3.05) is 0 Å². The van der Waals surface area contributed by atoms with Crippen LogP contribution >= 0.6 is 0 Å². The normalized spacial score (nSPS) is 15.8. The van der Waals surface area contributed by atoms with Crippen molar-refractivity contribution >= 4 is 16.1 Å². The molecule has 2 N–H and O–H groups in total. The molecule has 0 aromatic carbocycles. The highest BCUT2D eigenvalue weighted by molar-refractivity contribution is 7.86. The summed E-state index contributed by atoms with van der Waals surface area (Å²) in [6, 6.07) is 0. The van der Waals surface area contributed by atoms with Gasteiger partial charge in [-0.15, -0.1) is 0 Å². The predicted molar refractivity (Wildman–Crippen MR) is 92.6 cm³/mol. The second kappa shape index (κ2) is 10.3. The summed E-state index contributed by atoms with van der Waals surface area (Å²) >= 11 is 0. The summed E-state index contributed by atoms with van der Waals surface area (Å²) < 4.78 is 108. The minimum absolute atomic E-state index is 0.293. The maximum Gasteiger partial charge on any atom is 0.426 e. The molecular formula is C16H28F6O6S. The molecule has 0 aliphatic rings. The average molecular weight is 462 g/mol. The molecule has 0 aliphatic heterocycles. The minimum Gasteiger partial charge on any atom is -0.462 e. The standard InChI is InChI=1S/C12H18F6O3.C4H10O3S/c1-5-9(3,4)8(19)21-7(2)6-10(20,11(13,14)15)12(16,17)18;1-3-4(2)8(5,6)7/h7,20H,5-6H2,1-4H3;4H,3H2,1-2H3,(H,5,6,7). The Balaban J connectivity index is 0. The Morgan fingerprint density at radius 1 is 1.00 bits per heavy atom. The Kier molecular flexibility index (Phi) is 10.7. The first-order chi connectivity index (χ1) is 12.6. The molecule has 0 radical (unpaired) electrons. The Hall–Kier alpha value is -1.08. The average Bonchev–Trinajstić information content (AvgIpc) is 2.51. The summed E-state index contributed by atoms with van der Waals surface area (Å²) in [6.45, 7) is 8.55. The number of hydrogen-bond acceptors (Lipinski definition) is 5. The molecule has 2 atom stereocenters. The summed E-state index contributed by atoms with van der Waals surface area (Å²) in [5.41, 5.74) is -5.96. The Morgan fingerprint density at radius 2 is 1.38 bits per heavy atom. The molecule has 0 aliphatic carbocycles. The van der Waals surface area contributed by atoms with Gasteiger partial charge in [-0.05, 0) is 40.5 Å². The number of carbonyl (C=O) groups excluding carboxylic acids is 1. The molecule has 0 amide bonds. The molecule has 0 saturated carbocycles. The molecular weight excluding hydrogens is 434 g/mol. The van der Waals surface area contributed by atoms with Gasteiger partial charge in [0.15, 0.2) is 0 Å². The van der Waals surface area contributed by atoms with Crippen molar-refractivity contribution in [1.29, 1.82) is 0 Å². The zero-order valence-corrected chi connectivity index (χ0v) is 17.8. The zero-order valence-electron chi connectivity index (χ0n) is 17.0. The second-order valence-corrected chi connectivity index (χ2v) is 9.08. The summed E-state index contributed by atoms with van der Waals surface area (Å²) in [5, 5.41) is 8.36. The molecule has 176 valence electrons. The lowest BCUT2D eigenvalue weighted by Gasteiger charge is -2.34. The fourth-order valence-corrected chi connectivity index (χ4v) is 1.97. The first kappa shape index (κ1) is 30.1. The number of ether oxygens (including phenoxy) is 1. The van der Waals surface area contributed by atoms with Gasteiger partial charge in [0.1, 0.15) is 6.10 Å². The maximum absolute atomic E-state index is 12.5. The molecule has 0 aromatic heterocycles. The third-order valence-corrected chi connectivity index (χ3v) is 5.70. The number of aliphatic hydroxyl groups is 1. The van der Waals surface area contributed by atoms with Crippen LogP contribution in [0.2, 0.25) is 0 Å². The highest BCUT2D eigenvalue weighted by Crippen LogP contribution is 2.46. The lowest BCUT2D eigenvalue weighted by Crippen LogP contribution is -2.58. The van der Waals surface area contributed by atoms with E-state index in [-0.39, 0.29) is 0 Å². The van der Waals surface area contributed by atoms with E-state index in [4.69, 9.17) is 9.66 Å². The van der Waals surface area contributed by atoms with Crippen LogP contribution in [0.5, 0.6) is 0 Å². The van der Waals surface area contributed by atoms with Gasteiger partial charge in [0.2, 0.25) is 0 Å². The van der Waals surface area contributed by atoms with Gasteiger partial charge in [0.25, 0.3) is 15.7 Å². The molecule has 0 rings (SSSR count). The lowest BCUT2D eigenvalue weighted by molar-refractivity contribution is -0.373. The monoisotopic (exact) mass is 462 g/mol. The van der Waals surface area contributed by atoms with Gasteiger partial charge >= 0.3 is 18.3 Å². The summed E-state index contributed by atoms with van der Waals surface area (Å²) in [4.78, 5) is 11.6. The highest BCUT2D eigenvalue weighted by atomic mass is 32.2. The van der Waals surface area contributed by atoms with Gasteiger partial charge in [-0.25, -0.2) is 0 Å². The van der Waals surface area contributed by atoms with Crippen LogP contribution in [0.1, 0.15) is 60.8 Å². The number of alkyl halides is 6. The molecule has 0 spiro atoms. The Labute approximate surface area is 166 Å². The zero-order chi connectivity index (χ0) is 24.1. The predicted octanol–water partition coefficient (Wildman–Crippen LogP) is 4.27. The van der Waals surface area contributed by atoms with Gasteiger partial charge in [0.05, 0.1) is 10.7 Å². The second-order valence-electron chi connectivity index (χ2n) is 7.25. The van der Waals surface area contributed by atoms with Gasteiger partial charge in [0, 0.05) is 6.42 Å². The molecule has 29 heavy (non-hydrogen) atoms. The first-order valence-electron chi connectivity index (χ1n) is 8.60. The van der Waals surface area contributed by atoms with E-state index in [1.807, 2.05) is 0 Å². The third kappa shape index (κ3) is 9.08. The number of rotatable bonds is 7. The van der Waals surface area contributed by atoms with Gasteiger partial charge in [-0.2, -0.15) is 34.8 Å². The molecule has 0 heterocycles. The van der Waals surface area contributed by atoms with E-state index in [1.54, 1.807) is 13.8 Å². The van der Waals surface area contributed by atoms with Crippen molar-refractivity contribution in [2.24, 2.45) is 5.41 Å². The number of esters is 1. The Morgan fingerprint density at radius 3 is 1.59 bits per heavy atom. The first-order valence-corrected chi connectivity index (χ1v) is 10.1. The van der Waals surface area contributed by atoms with Crippen LogP contribution in [0, 0.1) is 5.41 Å². The fraction of sp³-hybridized carbons (Fsp3) is 0.938. The smallest absolute Gasteiger partial charge is 0.426 e. The van der Waals surface area contributed by atoms with Crippen molar-refractivity contribution in [3.05, 3.63) is 0 Å². The third-order valence-electron chi connectivity index (χ3n) is 4.35. The molecule has 2 unspecified atom stereocenters. The largest absolute Gasteiger partial charge is 0.462 e. The molecule has 0 aromatic rings. The molecule has 0 bridgehead atoms. The number of carbonyl (C=O) groups is 1. The lowest BCUT2D eigenvalue weighted by atomic mass is 9.90. The van der Waals surface area contributed by atoms with E-state index in [9.17, 15) is 39.6 Å². The molecule has 6 nitrogen and oxygen atoms in total. The van der Waals surface area contributed by atoms with E-state index in [0.29, 0.717) is 12.8 Å². The van der Waals surface area contributed by atoms with Crippen LogP contribution in [0.25, 0.3) is 0 Å². The SMILES string of the molecule is CCC(C)(C)C(=O)OC(C)CC(O)(C(F)(F)F)C(F)(F)F.CCC(C)S(=O)(=O)O. The van der Waals surface area contributed by atoms with E-state index < -0.39 is 57.2 Å². The van der Waals surface area contributed by atoms with Crippen LogP contribution in [0.3, 0.4) is 0 Å². The number of halogens is 6. The van der Waals surface area contributed by atoms with Crippen LogP contribution in [-0.2, 0) is 19.6 Å². The molecule has 0 fully saturated rings. The van der Waals surface area contributed by atoms with Gasteiger partial charge in [-0.1, -0.05) is 13.8 Å². The highest BCUT2D eigenvalue weighted by Gasteiger charge is 2.70. The van der Waals surface area contributed by atoms with Crippen LogP contribution in [-0.4, -0.2) is 53.4 Å². The summed E-state index contributed by atoms with van der Waals surface area (Å²) in [7, 11) is -3.75. The van der Waals surface area contributed by atoms with Gasteiger partial charge in [-0.3, -0.25) is 9.35 Å². The fourth-order valence-electron chi connectivity index (χ4n) is 1.55. The summed E-state index contributed by atoms with van der Waals surface area (Å²) in [5.74, 6) is -0.927. The van der Waals surface area contributed by atoms with Crippen molar-refractivity contribution in [3.63, 3.8) is 0 Å². The van der Waals surface area contributed by atoms with Crippen molar-refractivity contribution in [2.45, 2.75) is 90.1 Å². The summed E-state index contributed by atoms with van der Waals surface area (Å²) in [6.07, 6.45) is -14.7. The molecule has 13 heteroatoms. The van der Waals surface area contributed by atoms with E-state index in [2.05, 4.69) is 4.74 Å². The minimum atomic E-state index is -5.92. The number of hydrogen-bond donors (Lipinski definition) is 2. The van der Waals surface area contributed by atoms with Crippen LogP contribution in [0.4, 0.5) is 26.3 Å². The van der Waals surface area contributed by atoms with Crippen molar-refractivity contribution in [1.82, 2.24) is 0 Å². The van der Waals surface area contributed by atoms with Crippen molar-refractivity contribution in [3.8, 4) is 0 Å². The van der Waals surface area contributed by atoms with Gasteiger partial charge < -0.3 is 9.84 Å². The quantitative estimate of drug-likeness (QED) is 0.333.